The molecule has 0 aliphatic carbocycles. The highest BCUT2D eigenvalue weighted by atomic mass is 32.1. The SMILES string of the molecule is COc1ccc(C)cc1-c1csc(NC(=O)CCCc2nc(-c3cccs3)no2)n1. The number of carbonyl (C=O) groups excluding carboxylic acids is 1. The molecule has 154 valence electrons. The first kappa shape index (κ1) is 20.2. The van der Waals surface area contributed by atoms with E-state index in [4.69, 9.17) is 9.26 Å². The number of hydrogen-bond acceptors (Lipinski definition) is 8. The Bertz CT molecular complexity index is 1140. The summed E-state index contributed by atoms with van der Waals surface area (Å²) < 4.78 is 10.7. The fourth-order valence-electron chi connectivity index (χ4n) is 2.92. The lowest BCUT2D eigenvalue weighted by Crippen LogP contribution is -2.11. The molecule has 0 spiro atoms. The van der Waals surface area contributed by atoms with Gasteiger partial charge in [0.05, 0.1) is 17.7 Å². The van der Waals surface area contributed by atoms with Crippen LogP contribution in [0.1, 0.15) is 24.3 Å². The molecule has 0 saturated heterocycles. The maximum atomic E-state index is 12.3. The second-order valence-corrected chi connectivity index (χ2v) is 8.44. The average molecular weight is 441 g/mol. The summed E-state index contributed by atoms with van der Waals surface area (Å²) >= 11 is 2.95. The number of ether oxygens (including phenoxy) is 1. The number of anilines is 1. The lowest BCUT2D eigenvalue weighted by atomic mass is 10.1. The molecule has 4 rings (SSSR count). The van der Waals surface area contributed by atoms with E-state index < -0.39 is 0 Å². The van der Waals surface area contributed by atoms with Crippen LogP contribution in [-0.4, -0.2) is 28.1 Å². The summed E-state index contributed by atoms with van der Waals surface area (Å²) in [6.45, 7) is 2.02. The molecule has 0 unspecified atom stereocenters. The van der Waals surface area contributed by atoms with Gasteiger partial charge in [0.15, 0.2) is 5.13 Å². The Labute approximate surface area is 181 Å². The first-order valence-electron chi connectivity index (χ1n) is 9.39. The van der Waals surface area contributed by atoms with Gasteiger partial charge < -0.3 is 14.6 Å². The highest BCUT2D eigenvalue weighted by Gasteiger charge is 2.13. The van der Waals surface area contributed by atoms with Gasteiger partial charge in [0.2, 0.25) is 17.6 Å². The zero-order chi connectivity index (χ0) is 20.9. The third-order valence-corrected chi connectivity index (χ3v) is 6.01. The van der Waals surface area contributed by atoms with Crippen LogP contribution in [-0.2, 0) is 11.2 Å². The summed E-state index contributed by atoms with van der Waals surface area (Å²) in [6, 6.07) is 9.82. The molecule has 0 aliphatic heterocycles. The molecule has 0 saturated carbocycles. The molecule has 0 atom stereocenters. The number of aromatic nitrogens is 3. The topological polar surface area (TPSA) is 90.1 Å². The average Bonchev–Trinajstić information content (AvgIpc) is 3.49. The van der Waals surface area contributed by atoms with Crippen molar-refractivity contribution in [3.63, 3.8) is 0 Å². The minimum absolute atomic E-state index is 0.0925. The van der Waals surface area contributed by atoms with Crippen molar-refractivity contribution in [1.29, 1.82) is 0 Å². The van der Waals surface area contributed by atoms with Crippen molar-refractivity contribution < 1.29 is 14.1 Å². The Morgan fingerprint density at radius 2 is 2.13 bits per heavy atom. The van der Waals surface area contributed by atoms with Crippen LogP contribution >= 0.6 is 22.7 Å². The molecule has 1 aromatic carbocycles. The predicted octanol–water partition coefficient (Wildman–Crippen LogP) is 5.20. The minimum atomic E-state index is -0.0925. The van der Waals surface area contributed by atoms with Crippen molar-refractivity contribution in [2.24, 2.45) is 0 Å². The van der Waals surface area contributed by atoms with E-state index in [0.717, 1.165) is 27.4 Å². The van der Waals surface area contributed by atoms with E-state index in [2.05, 4.69) is 20.4 Å². The van der Waals surface area contributed by atoms with Crippen LogP contribution < -0.4 is 10.1 Å². The Balaban J connectivity index is 1.30. The lowest BCUT2D eigenvalue weighted by Gasteiger charge is -2.07. The molecule has 3 heterocycles. The van der Waals surface area contributed by atoms with Crippen molar-refractivity contribution in [2.75, 3.05) is 12.4 Å². The molecule has 9 heteroatoms. The Kier molecular flexibility index (Phi) is 6.20. The highest BCUT2D eigenvalue weighted by Crippen LogP contribution is 2.33. The fourth-order valence-corrected chi connectivity index (χ4v) is 4.30. The molecule has 0 aliphatic rings. The van der Waals surface area contributed by atoms with Crippen molar-refractivity contribution in [3.05, 3.63) is 52.5 Å². The molecule has 3 aromatic heterocycles. The van der Waals surface area contributed by atoms with Gasteiger partial charge in [-0.15, -0.1) is 22.7 Å². The van der Waals surface area contributed by atoms with E-state index in [-0.39, 0.29) is 5.91 Å². The summed E-state index contributed by atoms with van der Waals surface area (Å²) in [7, 11) is 1.63. The van der Waals surface area contributed by atoms with Gasteiger partial charge in [0, 0.05) is 23.8 Å². The van der Waals surface area contributed by atoms with Crippen LogP contribution in [0.25, 0.3) is 22.0 Å². The highest BCUT2D eigenvalue weighted by molar-refractivity contribution is 7.14. The summed E-state index contributed by atoms with van der Waals surface area (Å²) in [6.07, 6.45) is 1.51. The van der Waals surface area contributed by atoms with Crippen LogP contribution in [0.5, 0.6) is 5.75 Å². The van der Waals surface area contributed by atoms with E-state index in [9.17, 15) is 4.79 Å². The molecular formula is C21H20N4O3S2. The van der Waals surface area contributed by atoms with E-state index in [0.29, 0.717) is 36.1 Å². The summed E-state index contributed by atoms with van der Waals surface area (Å²) in [5.74, 6) is 1.79. The molecule has 1 N–H and O–H groups in total. The maximum absolute atomic E-state index is 12.3. The van der Waals surface area contributed by atoms with Gasteiger partial charge in [-0.2, -0.15) is 4.98 Å². The first-order valence-corrected chi connectivity index (χ1v) is 11.1. The van der Waals surface area contributed by atoms with Crippen LogP contribution in [0.4, 0.5) is 5.13 Å². The Hall–Kier alpha value is -3.04. The van der Waals surface area contributed by atoms with Crippen LogP contribution in [0.3, 0.4) is 0 Å². The number of rotatable bonds is 8. The van der Waals surface area contributed by atoms with Crippen molar-refractivity contribution in [3.8, 4) is 27.7 Å². The van der Waals surface area contributed by atoms with E-state index >= 15 is 0 Å². The van der Waals surface area contributed by atoms with Gasteiger partial charge in [-0.05, 0) is 36.9 Å². The number of methoxy groups -OCH3 is 1. The van der Waals surface area contributed by atoms with E-state index in [1.807, 2.05) is 48.0 Å². The zero-order valence-electron chi connectivity index (χ0n) is 16.5. The van der Waals surface area contributed by atoms with E-state index in [1.54, 1.807) is 18.4 Å². The van der Waals surface area contributed by atoms with Gasteiger partial charge in [-0.1, -0.05) is 22.9 Å². The predicted molar refractivity (Wildman–Crippen MR) is 118 cm³/mol. The molecule has 0 bridgehead atoms. The smallest absolute Gasteiger partial charge is 0.226 e. The molecule has 30 heavy (non-hydrogen) atoms. The fraction of sp³-hybridized carbons (Fsp3) is 0.238. The van der Waals surface area contributed by atoms with Gasteiger partial charge in [-0.3, -0.25) is 4.79 Å². The number of nitrogens with one attached hydrogen (secondary N) is 1. The van der Waals surface area contributed by atoms with Crippen LogP contribution in [0, 0.1) is 6.92 Å². The number of benzene rings is 1. The number of amides is 1. The third kappa shape index (κ3) is 4.74. The van der Waals surface area contributed by atoms with Gasteiger partial charge in [0.1, 0.15) is 5.75 Å². The van der Waals surface area contributed by atoms with Crippen LogP contribution in [0.2, 0.25) is 0 Å². The molecule has 7 nitrogen and oxygen atoms in total. The standard InChI is InChI=1S/C21H20N4O3S2/c1-13-8-9-16(27-2)14(11-13)15-12-30-21(22-15)23-18(26)6-3-7-19-24-20(25-28-19)17-5-4-10-29-17/h4-5,8-12H,3,6-7H2,1-2H3,(H,22,23,26). The van der Waals surface area contributed by atoms with E-state index in [1.165, 1.54) is 11.3 Å². The number of aryl methyl sites for hydroxylation is 2. The molecule has 0 fully saturated rings. The van der Waals surface area contributed by atoms with Crippen molar-refractivity contribution in [2.45, 2.75) is 26.2 Å². The quantitative estimate of drug-likeness (QED) is 0.405. The normalized spacial score (nSPS) is 10.9. The number of thiophene rings is 1. The van der Waals surface area contributed by atoms with Crippen molar-refractivity contribution in [1.82, 2.24) is 15.1 Å². The van der Waals surface area contributed by atoms with Gasteiger partial charge >= 0.3 is 0 Å². The zero-order valence-corrected chi connectivity index (χ0v) is 18.2. The third-order valence-electron chi connectivity index (χ3n) is 4.39. The Morgan fingerprint density at radius 3 is 2.93 bits per heavy atom. The molecule has 0 radical (unpaired) electrons. The molecular weight excluding hydrogens is 420 g/mol. The summed E-state index contributed by atoms with van der Waals surface area (Å²) in [5.41, 5.74) is 2.81. The molecule has 4 aromatic rings. The Morgan fingerprint density at radius 1 is 1.23 bits per heavy atom. The van der Waals surface area contributed by atoms with Crippen LogP contribution in [0.15, 0.2) is 45.6 Å². The first-order chi connectivity index (χ1) is 14.6. The summed E-state index contributed by atoms with van der Waals surface area (Å²) in [5, 5.41) is 11.3. The van der Waals surface area contributed by atoms with Gasteiger partial charge in [0.25, 0.3) is 0 Å². The monoisotopic (exact) mass is 440 g/mol. The minimum Gasteiger partial charge on any atom is -0.496 e. The number of hydrogen-bond donors (Lipinski definition) is 1. The summed E-state index contributed by atoms with van der Waals surface area (Å²) in [4.78, 5) is 22.2. The number of thiazole rings is 1. The largest absolute Gasteiger partial charge is 0.496 e. The lowest BCUT2D eigenvalue weighted by molar-refractivity contribution is -0.116. The number of nitrogens with zero attached hydrogens (tertiary/aromatic N) is 3. The molecule has 1 amide bonds. The second kappa shape index (κ2) is 9.19. The van der Waals surface area contributed by atoms with Gasteiger partial charge in [-0.25, -0.2) is 4.98 Å². The second-order valence-electron chi connectivity index (χ2n) is 6.63. The maximum Gasteiger partial charge on any atom is 0.226 e. The number of carbonyl (C=O) groups is 1. The van der Waals surface area contributed by atoms with Crippen molar-refractivity contribution >= 4 is 33.7 Å².